The van der Waals surface area contributed by atoms with Crippen LogP contribution in [-0.4, -0.2) is 23.9 Å². The summed E-state index contributed by atoms with van der Waals surface area (Å²) in [5.74, 6) is -1.12. The molecule has 0 spiro atoms. The van der Waals surface area contributed by atoms with Crippen LogP contribution in [0.2, 0.25) is 0 Å². The van der Waals surface area contributed by atoms with Crippen molar-refractivity contribution in [3.05, 3.63) is 33.6 Å². The monoisotopic (exact) mass is 252 g/mol. The summed E-state index contributed by atoms with van der Waals surface area (Å²) in [5, 5.41) is 5.51. The number of nitroso groups, excluding NO2 is 2. The second-order valence-electron chi connectivity index (χ2n) is 4.06. The number of rotatable bonds is 4. The smallest absolute Gasteiger partial charge is 0.272 e. The number of allylic oxidation sites excluding steroid dienone is 1. The van der Waals surface area contributed by atoms with Gasteiger partial charge in [-0.1, -0.05) is 18.2 Å². The fraction of sp³-hybridized carbons (Fsp3) is 0.400. The minimum atomic E-state index is -0.930. The number of carbonyl (C=O) groups excluding carboxylic acids is 2. The molecule has 1 unspecified atom stereocenters. The molecule has 0 aliphatic heterocycles. The molecule has 96 valence electrons. The van der Waals surface area contributed by atoms with E-state index in [9.17, 15) is 19.4 Å². The second kappa shape index (κ2) is 5.30. The van der Waals surface area contributed by atoms with Crippen molar-refractivity contribution in [1.29, 1.82) is 0 Å². The van der Waals surface area contributed by atoms with Gasteiger partial charge in [-0.15, -0.1) is 9.81 Å². The second-order valence-corrected chi connectivity index (χ2v) is 4.06. The Morgan fingerprint density at radius 3 is 2.56 bits per heavy atom. The van der Waals surface area contributed by atoms with Crippen LogP contribution in [0.25, 0.3) is 0 Å². The Balaban J connectivity index is 2.82. The molecule has 0 bridgehead atoms. The number of amides is 2. The van der Waals surface area contributed by atoms with E-state index in [2.05, 4.69) is 10.6 Å². The van der Waals surface area contributed by atoms with Gasteiger partial charge in [0.15, 0.2) is 0 Å². The van der Waals surface area contributed by atoms with Crippen molar-refractivity contribution in [3.63, 3.8) is 0 Å². The standard InChI is InChI=1S/C10H12N4O4/c1-10(9(16)14(2)13-18)5-3-7(4-6-10)8(15)11-12-17/h3-5H,6H2,1-2H3,(H,11,15,17). The molecule has 8 heteroatoms. The molecule has 2 amide bonds. The third-order valence-corrected chi connectivity index (χ3v) is 2.69. The van der Waals surface area contributed by atoms with Gasteiger partial charge >= 0.3 is 0 Å². The molecular weight excluding hydrogens is 240 g/mol. The molecule has 1 N–H and O–H groups in total. The van der Waals surface area contributed by atoms with E-state index in [1.54, 1.807) is 12.3 Å². The Kier molecular flexibility index (Phi) is 4.03. The molecule has 0 aromatic carbocycles. The molecule has 8 nitrogen and oxygen atoms in total. The molecule has 18 heavy (non-hydrogen) atoms. The minimum Gasteiger partial charge on any atom is -0.272 e. The van der Waals surface area contributed by atoms with Crippen LogP contribution in [0.5, 0.6) is 0 Å². The van der Waals surface area contributed by atoms with Gasteiger partial charge in [-0.25, -0.2) is 5.43 Å². The molecule has 0 saturated heterocycles. The fourth-order valence-corrected chi connectivity index (χ4v) is 1.57. The normalized spacial score (nSPS) is 21.8. The van der Waals surface area contributed by atoms with Crippen LogP contribution in [0, 0.1) is 15.2 Å². The highest BCUT2D eigenvalue weighted by Crippen LogP contribution is 2.31. The third kappa shape index (κ3) is 2.65. The first-order chi connectivity index (χ1) is 8.44. The van der Waals surface area contributed by atoms with E-state index >= 15 is 0 Å². The van der Waals surface area contributed by atoms with E-state index in [4.69, 9.17) is 0 Å². The summed E-state index contributed by atoms with van der Waals surface area (Å²) < 4.78 is 0. The maximum atomic E-state index is 11.8. The third-order valence-electron chi connectivity index (χ3n) is 2.69. The largest absolute Gasteiger partial charge is 0.273 e. The Bertz CT molecular complexity index is 457. The first kappa shape index (κ1) is 13.7. The fourth-order valence-electron chi connectivity index (χ4n) is 1.57. The molecule has 0 fully saturated rings. The molecule has 1 rings (SSSR count). The number of carbonyl (C=O) groups is 2. The first-order valence-electron chi connectivity index (χ1n) is 5.08. The van der Waals surface area contributed by atoms with E-state index in [-0.39, 0.29) is 12.0 Å². The summed E-state index contributed by atoms with van der Waals surface area (Å²) in [5.41, 5.74) is 1.06. The summed E-state index contributed by atoms with van der Waals surface area (Å²) in [7, 11) is 1.26. The van der Waals surface area contributed by atoms with Crippen LogP contribution >= 0.6 is 0 Å². The molecule has 1 atom stereocenters. The number of hydrogen-bond acceptors (Lipinski definition) is 6. The quantitative estimate of drug-likeness (QED) is 0.590. The molecule has 1 aliphatic rings. The van der Waals surface area contributed by atoms with E-state index in [1.165, 1.54) is 25.3 Å². The molecule has 0 saturated carbocycles. The summed E-state index contributed by atoms with van der Waals surface area (Å²) in [4.78, 5) is 43.3. The Hall–Kier alpha value is -2.38. The Morgan fingerprint density at radius 2 is 2.11 bits per heavy atom. The van der Waals surface area contributed by atoms with Crippen molar-refractivity contribution in [3.8, 4) is 0 Å². The van der Waals surface area contributed by atoms with Crippen molar-refractivity contribution < 1.29 is 9.59 Å². The lowest BCUT2D eigenvalue weighted by Gasteiger charge is -2.27. The average Bonchev–Trinajstić information content (AvgIpc) is 2.38. The van der Waals surface area contributed by atoms with Gasteiger partial charge in [0.25, 0.3) is 11.8 Å². The number of nitrogens with one attached hydrogen (secondary N) is 1. The van der Waals surface area contributed by atoms with Crippen LogP contribution < -0.4 is 5.43 Å². The van der Waals surface area contributed by atoms with Gasteiger partial charge < -0.3 is 0 Å². The van der Waals surface area contributed by atoms with Gasteiger partial charge in [0.1, 0.15) is 0 Å². The molecule has 1 aliphatic carbocycles. The molecule has 0 aromatic rings. The van der Waals surface area contributed by atoms with Crippen molar-refractivity contribution in [1.82, 2.24) is 10.4 Å². The summed E-state index contributed by atoms with van der Waals surface area (Å²) in [6.45, 7) is 1.62. The van der Waals surface area contributed by atoms with Gasteiger partial charge in [0.05, 0.1) is 16.0 Å². The van der Waals surface area contributed by atoms with Gasteiger partial charge in [-0.2, -0.15) is 5.01 Å². The molecule has 0 heterocycles. The van der Waals surface area contributed by atoms with E-state index in [0.717, 1.165) is 0 Å². The summed E-state index contributed by atoms with van der Waals surface area (Å²) in [6, 6.07) is 0. The molecule has 0 radical (unpaired) electrons. The molecule has 0 aromatic heterocycles. The SMILES string of the molecule is CN(N=O)C(=O)C1(C)C=CC(C(=O)NN=O)=CC1. The van der Waals surface area contributed by atoms with E-state index in [1.807, 2.05) is 0 Å². The maximum Gasteiger partial charge on any atom is 0.273 e. The zero-order valence-corrected chi connectivity index (χ0v) is 9.91. The zero-order valence-electron chi connectivity index (χ0n) is 9.91. The highest BCUT2D eigenvalue weighted by Gasteiger charge is 2.35. The van der Waals surface area contributed by atoms with Crippen molar-refractivity contribution in [2.75, 3.05) is 7.05 Å². The highest BCUT2D eigenvalue weighted by atomic mass is 16.3. The predicted octanol–water partition coefficient (Wildman–Crippen LogP) is 0.816. The lowest BCUT2D eigenvalue weighted by Crippen LogP contribution is -2.37. The van der Waals surface area contributed by atoms with Crippen LogP contribution in [-0.2, 0) is 9.59 Å². The predicted molar refractivity (Wildman–Crippen MR) is 62.4 cm³/mol. The van der Waals surface area contributed by atoms with Crippen LogP contribution in [0.15, 0.2) is 34.4 Å². The lowest BCUT2D eigenvalue weighted by molar-refractivity contribution is -0.137. The molecular formula is C10H12N4O4. The number of nitrogens with zero attached hydrogens (tertiary/aromatic N) is 3. The first-order valence-corrected chi connectivity index (χ1v) is 5.08. The Morgan fingerprint density at radius 1 is 1.44 bits per heavy atom. The summed E-state index contributed by atoms with van der Waals surface area (Å²) in [6.07, 6.45) is 4.62. The summed E-state index contributed by atoms with van der Waals surface area (Å²) >= 11 is 0. The van der Waals surface area contributed by atoms with Gasteiger partial charge in [-0.3, -0.25) is 9.59 Å². The van der Waals surface area contributed by atoms with Gasteiger partial charge in [0.2, 0.25) is 0 Å². The zero-order chi connectivity index (χ0) is 13.8. The van der Waals surface area contributed by atoms with Crippen LogP contribution in [0.1, 0.15) is 13.3 Å². The maximum absolute atomic E-state index is 11.8. The minimum absolute atomic E-state index is 0.226. The Labute approximate surface area is 103 Å². The van der Waals surface area contributed by atoms with Gasteiger partial charge in [0, 0.05) is 12.6 Å². The van der Waals surface area contributed by atoms with Gasteiger partial charge in [-0.05, 0) is 13.3 Å². The van der Waals surface area contributed by atoms with Crippen LogP contribution in [0.4, 0.5) is 0 Å². The highest BCUT2D eigenvalue weighted by molar-refractivity contribution is 5.97. The number of hydrogen-bond donors (Lipinski definition) is 1. The van der Waals surface area contributed by atoms with Crippen LogP contribution in [0.3, 0.4) is 0 Å². The van der Waals surface area contributed by atoms with E-state index in [0.29, 0.717) is 5.01 Å². The average molecular weight is 252 g/mol. The lowest BCUT2D eigenvalue weighted by atomic mass is 9.81. The van der Waals surface area contributed by atoms with Crippen molar-refractivity contribution in [2.45, 2.75) is 13.3 Å². The van der Waals surface area contributed by atoms with Crippen molar-refractivity contribution >= 4 is 11.8 Å². The van der Waals surface area contributed by atoms with E-state index < -0.39 is 17.2 Å². The van der Waals surface area contributed by atoms with Crippen molar-refractivity contribution in [2.24, 2.45) is 16.0 Å². The topological polar surface area (TPSA) is 108 Å².